The number of carbonyl (C=O) groups is 2. The molecule has 5 nitrogen and oxygen atoms in total. The first-order valence-corrected chi connectivity index (χ1v) is 7.95. The lowest BCUT2D eigenvalue weighted by atomic mass is 10.0. The van der Waals surface area contributed by atoms with Gasteiger partial charge in [-0.2, -0.15) is 5.26 Å². The Hall–Kier alpha value is -3.10. The molecule has 0 aromatic heterocycles. The SMILES string of the molecule is CN1C(=O)/C(=C(\C#N)C(=O)NCc2ccc(Cl)cc2)c2ccccc21. The molecule has 0 aliphatic carbocycles. The second kappa shape index (κ2) is 6.80. The summed E-state index contributed by atoms with van der Waals surface area (Å²) in [5, 5.41) is 12.7. The van der Waals surface area contributed by atoms with Crippen molar-refractivity contribution in [1.29, 1.82) is 5.26 Å². The first-order chi connectivity index (χ1) is 12.0. The van der Waals surface area contributed by atoms with Crippen LogP contribution in [0.1, 0.15) is 11.1 Å². The highest BCUT2D eigenvalue weighted by atomic mass is 35.5. The molecule has 0 bridgehead atoms. The maximum Gasteiger partial charge on any atom is 0.263 e. The third-order valence-electron chi connectivity index (χ3n) is 4.01. The van der Waals surface area contributed by atoms with Gasteiger partial charge >= 0.3 is 0 Å². The zero-order valence-electron chi connectivity index (χ0n) is 13.4. The molecule has 1 N–H and O–H groups in total. The minimum absolute atomic E-state index is 0.134. The first-order valence-electron chi connectivity index (χ1n) is 7.57. The number of anilines is 1. The topological polar surface area (TPSA) is 73.2 Å². The van der Waals surface area contributed by atoms with Gasteiger partial charge in [0.05, 0.1) is 11.3 Å². The van der Waals surface area contributed by atoms with Crippen molar-refractivity contribution in [1.82, 2.24) is 5.32 Å². The Labute approximate surface area is 150 Å². The highest BCUT2D eigenvalue weighted by Crippen LogP contribution is 2.37. The molecule has 0 saturated heterocycles. The summed E-state index contributed by atoms with van der Waals surface area (Å²) in [7, 11) is 1.62. The third-order valence-corrected chi connectivity index (χ3v) is 4.26. The number of benzene rings is 2. The van der Waals surface area contributed by atoms with Gasteiger partial charge in [-0.15, -0.1) is 0 Å². The van der Waals surface area contributed by atoms with Crippen molar-refractivity contribution in [3.05, 3.63) is 70.3 Å². The van der Waals surface area contributed by atoms with E-state index in [-0.39, 0.29) is 23.6 Å². The van der Waals surface area contributed by atoms with Crippen molar-refractivity contribution >= 4 is 34.7 Å². The van der Waals surface area contributed by atoms with Gasteiger partial charge in [-0.25, -0.2) is 0 Å². The second-order valence-electron chi connectivity index (χ2n) is 5.55. The quantitative estimate of drug-likeness (QED) is 0.682. The summed E-state index contributed by atoms with van der Waals surface area (Å²) in [6, 6.07) is 16.0. The number of hydrogen-bond acceptors (Lipinski definition) is 3. The molecule has 0 unspecified atom stereocenters. The highest BCUT2D eigenvalue weighted by Gasteiger charge is 2.34. The van der Waals surface area contributed by atoms with Crippen LogP contribution < -0.4 is 10.2 Å². The number of hydrogen-bond donors (Lipinski definition) is 1. The van der Waals surface area contributed by atoms with Crippen LogP contribution in [0.3, 0.4) is 0 Å². The molecule has 124 valence electrons. The summed E-state index contributed by atoms with van der Waals surface area (Å²) in [6.07, 6.45) is 0. The number of likely N-dealkylation sites (N-methyl/N-ethyl adjacent to an activating group) is 1. The van der Waals surface area contributed by atoms with Crippen molar-refractivity contribution in [2.24, 2.45) is 0 Å². The number of carbonyl (C=O) groups excluding carboxylic acids is 2. The van der Waals surface area contributed by atoms with Gasteiger partial charge in [0.15, 0.2) is 0 Å². The van der Waals surface area contributed by atoms with E-state index in [1.165, 1.54) is 4.90 Å². The van der Waals surface area contributed by atoms with E-state index >= 15 is 0 Å². The van der Waals surface area contributed by atoms with Gasteiger partial charge < -0.3 is 10.2 Å². The Morgan fingerprint density at radius 1 is 1.20 bits per heavy atom. The van der Waals surface area contributed by atoms with E-state index in [0.29, 0.717) is 16.3 Å². The maximum atomic E-state index is 12.5. The van der Waals surface area contributed by atoms with Crippen LogP contribution in [0.15, 0.2) is 54.1 Å². The normalized spacial score (nSPS) is 14.8. The summed E-state index contributed by atoms with van der Waals surface area (Å²) in [5.74, 6) is -0.940. The average molecular weight is 352 g/mol. The molecule has 1 aliphatic heterocycles. The van der Waals surface area contributed by atoms with Crippen LogP contribution in [0.2, 0.25) is 5.02 Å². The van der Waals surface area contributed by atoms with Gasteiger partial charge in [0.2, 0.25) is 0 Å². The highest BCUT2D eigenvalue weighted by molar-refractivity contribution is 6.36. The number of halogens is 1. The fourth-order valence-electron chi connectivity index (χ4n) is 2.70. The molecule has 0 fully saturated rings. The monoisotopic (exact) mass is 351 g/mol. The number of para-hydroxylation sites is 1. The summed E-state index contributed by atoms with van der Waals surface area (Å²) >= 11 is 5.83. The van der Waals surface area contributed by atoms with Crippen LogP contribution in [0, 0.1) is 11.3 Å². The smallest absolute Gasteiger partial charge is 0.263 e. The molecule has 3 rings (SSSR count). The molecule has 6 heteroatoms. The van der Waals surface area contributed by atoms with E-state index in [0.717, 1.165) is 5.56 Å². The van der Waals surface area contributed by atoms with Gasteiger partial charge in [0.25, 0.3) is 11.8 Å². The van der Waals surface area contributed by atoms with Crippen molar-refractivity contribution in [2.75, 3.05) is 11.9 Å². The molecule has 0 spiro atoms. The third kappa shape index (κ3) is 3.12. The molecule has 0 radical (unpaired) electrons. The Bertz CT molecular complexity index is 926. The van der Waals surface area contributed by atoms with Crippen molar-refractivity contribution in [2.45, 2.75) is 6.54 Å². The lowest BCUT2D eigenvalue weighted by Gasteiger charge is -2.08. The second-order valence-corrected chi connectivity index (χ2v) is 5.99. The van der Waals surface area contributed by atoms with Crippen LogP contribution in [-0.2, 0) is 16.1 Å². The van der Waals surface area contributed by atoms with Crippen LogP contribution in [-0.4, -0.2) is 18.9 Å². The number of nitrogens with one attached hydrogen (secondary N) is 1. The molecule has 25 heavy (non-hydrogen) atoms. The summed E-state index contributed by atoms with van der Waals surface area (Å²) in [6.45, 7) is 0.236. The van der Waals surface area contributed by atoms with Crippen molar-refractivity contribution in [3.63, 3.8) is 0 Å². The largest absolute Gasteiger partial charge is 0.347 e. The minimum atomic E-state index is -0.578. The van der Waals surface area contributed by atoms with Gasteiger partial charge in [0.1, 0.15) is 11.6 Å². The molecule has 1 heterocycles. The van der Waals surface area contributed by atoms with E-state index in [1.54, 1.807) is 55.6 Å². The molecule has 0 atom stereocenters. The molecule has 2 aromatic rings. The fraction of sp³-hybridized carbons (Fsp3) is 0.105. The predicted molar refractivity (Wildman–Crippen MR) is 95.7 cm³/mol. The summed E-state index contributed by atoms with van der Waals surface area (Å²) in [4.78, 5) is 26.4. The lowest BCUT2D eigenvalue weighted by Crippen LogP contribution is -2.27. The molecule has 2 amide bonds. The predicted octanol–water partition coefficient (Wildman–Crippen LogP) is 2.91. The van der Waals surface area contributed by atoms with Gasteiger partial charge in [-0.1, -0.05) is 41.9 Å². The van der Waals surface area contributed by atoms with Crippen LogP contribution in [0.5, 0.6) is 0 Å². The molecule has 2 aromatic carbocycles. The van der Waals surface area contributed by atoms with E-state index in [1.807, 2.05) is 6.07 Å². The van der Waals surface area contributed by atoms with Gasteiger partial charge in [0, 0.05) is 24.2 Å². The van der Waals surface area contributed by atoms with Crippen molar-refractivity contribution < 1.29 is 9.59 Å². The zero-order chi connectivity index (χ0) is 18.0. The van der Waals surface area contributed by atoms with Gasteiger partial charge in [-0.05, 0) is 23.8 Å². The first kappa shape index (κ1) is 16.7. The Kier molecular flexibility index (Phi) is 4.55. The van der Waals surface area contributed by atoms with E-state index < -0.39 is 5.91 Å². The van der Waals surface area contributed by atoms with E-state index in [4.69, 9.17) is 11.6 Å². The van der Waals surface area contributed by atoms with Crippen LogP contribution >= 0.6 is 11.6 Å². The molecular weight excluding hydrogens is 338 g/mol. The van der Waals surface area contributed by atoms with E-state index in [9.17, 15) is 14.9 Å². The number of fused-ring (bicyclic) bond motifs is 1. The number of rotatable bonds is 3. The van der Waals surface area contributed by atoms with Gasteiger partial charge in [-0.3, -0.25) is 9.59 Å². The molecular formula is C19H14ClN3O2. The summed E-state index contributed by atoms with van der Waals surface area (Å²) in [5.41, 5.74) is 2.06. The Balaban J connectivity index is 1.90. The van der Waals surface area contributed by atoms with Crippen LogP contribution in [0.25, 0.3) is 5.57 Å². The number of nitrogens with zero attached hydrogens (tertiary/aromatic N) is 2. The molecule has 0 saturated carbocycles. The Morgan fingerprint density at radius 2 is 1.88 bits per heavy atom. The zero-order valence-corrected chi connectivity index (χ0v) is 14.2. The maximum absolute atomic E-state index is 12.5. The Morgan fingerprint density at radius 3 is 2.56 bits per heavy atom. The average Bonchev–Trinajstić information content (AvgIpc) is 2.87. The lowest BCUT2D eigenvalue weighted by molar-refractivity contribution is -0.118. The summed E-state index contributed by atoms with van der Waals surface area (Å²) < 4.78 is 0. The fourth-order valence-corrected chi connectivity index (χ4v) is 2.83. The van der Waals surface area contributed by atoms with Crippen LogP contribution in [0.4, 0.5) is 5.69 Å². The van der Waals surface area contributed by atoms with E-state index in [2.05, 4.69) is 5.32 Å². The minimum Gasteiger partial charge on any atom is -0.347 e. The number of amides is 2. The van der Waals surface area contributed by atoms with Crippen molar-refractivity contribution in [3.8, 4) is 6.07 Å². The standard InChI is InChI=1S/C19H14ClN3O2/c1-23-16-5-3-2-4-14(16)17(19(23)25)15(10-21)18(24)22-11-12-6-8-13(20)9-7-12/h2-9H,11H2,1H3,(H,22,24)/b17-15+. The number of nitriles is 1. The molecule has 1 aliphatic rings.